The number of benzene rings is 3. The maximum atomic E-state index is 12.3. The lowest BCUT2D eigenvalue weighted by molar-refractivity contribution is -0.116. The van der Waals surface area contributed by atoms with E-state index >= 15 is 0 Å². The molecular weight excluding hydrogens is 300 g/mol. The zero-order valence-electron chi connectivity index (χ0n) is 12.8. The molecule has 1 atom stereocenters. The van der Waals surface area contributed by atoms with Gasteiger partial charge in [-0.15, -0.1) is 0 Å². The van der Waals surface area contributed by atoms with Crippen molar-refractivity contribution >= 4 is 28.1 Å². The molecule has 3 aromatic carbocycles. The maximum absolute atomic E-state index is 12.3. The zero-order chi connectivity index (χ0) is 16.5. The number of fused-ring (bicyclic) bond motifs is 3. The van der Waals surface area contributed by atoms with E-state index in [4.69, 9.17) is 5.53 Å². The molecule has 3 aromatic rings. The van der Waals surface area contributed by atoms with Gasteiger partial charge in [0.2, 0.25) is 5.91 Å². The van der Waals surface area contributed by atoms with Gasteiger partial charge in [-0.25, -0.2) is 0 Å². The van der Waals surface area contributed by atoms with Crippen LogP contribution in [0, 0.1) is 0 Å². The van der Waals surface area contributed by atoms with Gasteiger partial charge in [0.15, 0.2) is 0 Å². The lowest BCUT2D eigenvalue weighted by Crippen LogP contribution is -2.23. The van der Waals surface area contributed by atoms with Gasteiger partial charge >= 0.3 is 0 Å². The molecule has 0 radical (unpaired) electrons. The first-order valence-electron chi connectivity index (χ1n) is 7.73. The van der Waals surface area contributed by atoms with Crippen LogP contribution in [-0.2, 0) is 4.79 Å². The smallest absolute Gasteiger partial charge is 0.225 e. The van der Waals surface area contributed by atoms with Gasteiger partial charge in [-0.1, -0.05) is 59.7 Å². The van der Waals surface area contributed by atoms with Gasteiger partial charge in [-0.3, -0.25) is 4.79 Å². The summed E-state index contributed by atoms with van der Waals surface area (Å²) in [5.41, 5.74) is 12.1. The average Bonchev–Trinajstić information content (AvgIpc) is 2.61. The lowest BCUT2D eigenvalue weighted by Gasteiger charge is -2.27. The minimum Gasteiger partial charge on any atom is -0.325 e. The van der Waals surface area contributed by atoms with Crippen LogP contribution >= 0.6 is 0 Å². The van der Waals surface area contributed by atoms with Crippen LogP contribution in [0.1, 0.15) is 23.5 Å². The fourth-order valence-electron chi connectivity index (χ4n) is 3.36. The Balaban J connectivity index is 1.90. The second kappa shape index (κ2) is 5.72. The number of nitrogens with one attached hydrogen (secondary N) is 1. The Bertz CT molecular complexity index is 1010. The first kappa shape index (κ1) is 14.3. The number of carbonyl (C=O) groups is 1. The molecule has 0 saturated carbocycles. The molecule has 1 aliphatic heterocycles. The van der Waals surface area contributed by atoms with Crippen molar-refractivity contribution in [2.75, 3.05) is 5.32 Å². The number of azide groups is 1. The van der Waals surface area contributed by atoms with Crippen molar-refractivity contribution in [2.24, 2.45) is 5.11 Å². The van der Waals surface area contributed by atoms with Crippen molar-refractivity contribution in [3.05, 3.63) is 82.2 Å². The summed E-state index contributed by atoms with van der Waals surface area (Å²) in [7, 11) is 0. The quantitative estimate of drug-likeness (QED) is 0.391. The molecule has 0 fully saturated rings. The third-order valence-electron chi connectivity index (χ3n) is 4.42. The van der Waals surface area contributed by atoms with Gasteiger partial charge in [-0.05, 0) is 28.1 Å². The molecule has 0 aliphatic carbocycles. The monoisotopic (exact) mass is 314 g/mol. The molecule has 1 N–H and O–H groups in total. The predicted octanol–water partition coefficient (Wildman–Crippen LogP) is 5.26. The summed E-state index contributed by atoms with van der Waals surface area (Å²) in [5.74, 6) is -0.0507. The van der Waals surface area contributed by atoms with Crippen LogP contribution in [0.2, 0.25) is 0 Å². The molecule has 1 amide bonds. The number of rotatable bonds is 2. The van der Waals surface area contributed by atoms with Crippen molar-refractivity contribution in [1.82, 2.24) is 0 Å². The van der Waals surface area contributed by atoms with E-state index in [9.17, 15) is 4.79 Å². The molecule has 116 valence electrons. The minimum absolute atomic E-state index is 0.00181. The van der Waals surface area contributed by atoms with Crippen molar-refractivity contribution < 1.29 is 4.79 Å². The molecular formula is C19H14N4O. The molecule has 1 aliphatic rings. The fourth-order valence-corrected chi connectivity index (χ4v) is 3.36. The molecule has 1 unspecified atom stereocenters. The van der Waals surface area contributed by atoms with Crippen LogP contribution in [0.15, 0.2) is 65.8 Å². The first-order chi connectivity index (χ1) is 11.8. The van der Waals surface area contributed by atoms with E-state index in [0.717, 1.165) is 27.6 Å². The highest BCUT2D eigenvalue weighted by atomic mass is 16.1. The first-order valence-corrected chi connectivity index (χ1v) is 7.73. The Kier molecular flexibility index (Phi) is 3.41. The molecule has 0 bridgehead atoms. The number of hydrogen-bond donors (Lipinski definition) is 1. The molecule has 0 saturated heterocycles. The molecule has 4 rings (SSSR count). The molecule has 5 nitrogen and oxygen atoms in total. The SMILES string of the molecule is [N-]=[N+]=Nc1cccc(C2CC(=O)Nc3c2ccc2ccccc32)c1. The number of nitrogens with zero attached hydrogens (tertiary/aromatic N) is 3. The summed E-state index contributed by atoms with van der Waals surface area (Å²) < 4.78 is 0. The lowest BCUT2D eigenvalue weighted by atomic mass is 9.83. The van der Waals surface area contributed by atoms with Gasteiger partial charge in [0.25, 0.3) is 0 Å². The maximum Gasteiger partial charge on any atom is 0.225 e. The predicted molar refractivity (Wildman–Crippen MR) is 94.3 cm³/mol. The van der Waals surface area contributed by atoms with Gasteiger partial charge in [0.05, 0.1) is 5.69 Å². The third kappa shape index (κ3) is 2.37. The summed E-state index contributed by atoms with van der Waals surface area (Å²) >= 11 is 0. The Morgan fingerprint density at radius 2 is 1.96 bits per heavy atom. The topological polar surface area (TPSA) is 77.9 Å². The largest absolute Gasteiger partial charge is 0.325 e. The summed E-state index contributed by atoms with van der Waals surface area (Å²) in [6.45, 7) is 0. The van der Waals surface area contributed by atoms with Crippen molar-refractivity contribution in [3.63, 3.8) is 0 Å². The normalized spacial score (nSPS) is 16.2. The van der Waals surface area contributed by atoms with Gasteiger partial charge < -0.3 is 5.32 Å². The van der Waals surface area contributed by atoms with Crippen LogP contribution in [0.25, 0.3) is 21.2 Å². The van der Waals surface area contributed by atoms with Gasteiger partial charge in [-0.2, -0.15) is 0 Å². The van der Waals surface area contributed by atoms with E-state index in [1.807, 2.05) is 42.5 Å². The van der Waals surface area contributed by atoms with E-state index in [1.54, 1.807) is 6.07 Å². The van der Waals surface area contributed by atoms with Gasteiger partial charge in [0, 0.05) is 28.3 Å². The highest BCUT2D eigenvalue weighted by molar-refractivity contribution is 6.06. The Morgan fingerprint density at radius 1 is 1.08 bits per heavy atom. The highest BCUT2D eigenvalue weighted by Crippen LogP contribution is 2.41. The Labute approximate surface area is 138 Å². The number of carbonyl (C=O) groups excluding carboxylic acids is 1. The van der Waals surface area contributed by atoms with E-state index in [0.29, 0.717) is 12.1 Å². The Morgan fingerprint density at radius 3 is 2.83 bits per heavy atom. The van der Waals surface area contributed by atoms with E-state index in [2.05, 4.69) is 27.5 Å². The number of amides is 1. The van der Waals surface area contributed by atoms with Crippen LogP contribution in [0.3, 0.4) is 0 Å². The summed E-state index contributed by atoms with van der Waals surface area (Å²) in [5, 5.41) is 8.83. The van der Waals surface area contributed by atoms with Crippen molar-refractivity contribution in [1.29, 1.82) is 0 Å². The van der Waals surface area contributed by atoms with E-state index in [-0.39, 0.29) is 11.8 Å². The van der Waals surface area contributed by atoms with Crippen LogP contribution in [-0.4, -0.2) is 5.91 Å². The average molecular weight is 314 g/mol. The van der Waals surface area contributed by atoms with Crippen LogP contribution < -0.4 is 5.32 Å². The van der Waals surface area contributed by atoms with Crippen molar-refractivity contribution in [3.8, 4) is 0 Å². The van der Waals surface area contributed by atoms with E-state index in [1.165, 1.54) is 0 Å². The molecule has 1 heterocycles. The third-order valence-corrected chi connectivity index (χ3v) is 4.42. The second-order valence-electron chi connectivity index (χ2n) is 5.84. The van der Waals surface area contributed by atoms with Crippen molar-refractivity contribution in [2.45, 2.75) is 12.3 Å². The highest BCUT2D eigenvalue weighted by Gasteiger charge is 2.27. The number of hydrogen-bond acceptors (Lipinski definition) is 2. The Hall–Kier alpha value is -3.30. The van der Waals surface area contributed by atoms with Crippen LogP contribution in [0.4, 0.5) is 11.4 Å². The second-order valence-corrected chi connectivity index (χ2v) is 5.84. The summed E-state index contributed by atoms with van der Waals surface area (Å²) in [4.78, 5) is 15.1. The molecule has 5 heteroatoms. The molecule has 0 spiro atoms. The molecule has 24 heavy (non-hydrogen) atoms. The van der Waals surface area contributed by atoms with Gasteiger partial charge in [0.1, 0.15) is 0 Å². The van der Waals surface area contributed by atoms with Crippen LogP contribution in [0.5, 0.6) is 0 Å². The molecule has 0 aromatic heterocycles. The summed E-state index contributed by atoms with van der Waals surface area (Å²) in [6.07, 6.45) is 0.380. The fraction of sp³-hybridized carbons (Fsp3) is 0.105. The minimum atomic E-state index is -0.0489. The van der Waals surface area contributed by atoms with E-state index < -0.39 is 0 Å². The standard InChI is InChI=1S/C19H14N4O/c20-23-22-14-6-3-5-13(10-14)17-11-18(24)21-19-15-7-2-1-4-12(15)8-9-16(17)19/h1-10,17H,11H2,(H,21,24). The number of anilines is 1. The summed E-state index contributed by atoms with van der Waals surface area (Å²) in [6, 6.07) is 19.6. The zero-order valence-corrected chi connectivity index (χ0v) is 12.8.